The summed E-state index contributed by atoms with van der Waals surface area (Å²) in [5, 5.41) is 13.1. The molecule has 0 aliphatic carbocycles. The summed E-state index contributed by atoms with van der Waals surface area (Å²) < 4.78 is 9.82. The van der Waals surface area contributed by atoms with Crippen molar-refractivity contribution in [2.75, 3.05) is 13.7 Å². The molecule has 2 N–H and O–H groups in total. The van der Waals surface area contributed by atoms with Gasteiger partial charge in [-0.1, -0.05) is 11.6 Å². The van der Waals surface area contributed by atoms with E-state index in [2.05, 4.69) is 10.1 Å². The van der Waals surface area contributed by atoms with E-state index in [9.17, 15) is 14.7 Å². The lowest BCUT2D eigenvalue weighted by Gasteiger charge is -2.08. The molecule has 0 saturated heterocycles. The predicted octanol–water partition coefficient (Wildman–Crippen LogP) is 1.66. The van der Waals surface area contributed by atoms with E-state index in [1.54, 1.807) is 25.1 Å². The quantitative estimate of drug-likeness (QED) is 0.838. The Hall–Kier alpha value is -2.05. The van der Waals surface area contributed by atoms with Crippen LogP contribution in [-0.4, -0.2) is 36.7 Å². The lowest BCUT2D eigenvalue weighted by atomic mass is 10.1. The Morgan fingerprint density at radius 3 is 2.86 bits per heavy atom. The Labute approximate surface area is 125 Å². The summed E-state index contributed by atoms with van der Waals surface area (Å²) in [6.07, 6.45) is -1.42. The SMILES string of the molecule is COC(=O)C(O)CNC(=O)c1oc2ccc(Cl)cc2c1C. The number of rotatable bonds is 4. The van der Waals surface area contributed by atoms with Crippen LogP contribution in [0.4, 0.5) is 0 Å². The first-order valence-corrected chi connectivity index (χ1v) is 6.54. The number of benzene rings is 1. The lowest BCUT2D eigenvalue weighted by molar-refractivity contribution is -0.149. The minimum atomic E-state index is -1.42. The number of nitrogens with one attached hydrogen (secondary N) is 1. The van der Waals surface area contributed by atoms with E-state index in [1.807, 2.05) is 0 Å². The molecule has 1 amide bonds. The van der Waals surface area contributed by atoms with Crippen molar-refractivity contribution >= 4 is 34.4 Å². The summed E-state index contributed by atoms with van der Waals surface area (Å²) in [4.78, 5) is 23.1. The molecule has 2 aromatic rings. The van der Waals surface area contributed by atoms with Gasteiger partial charge in [-0.25, -0.2) is 4.79 Å². The number of aryl methyl sites for hydroxylation is 1. The Morgan fingerprint density at radius 2 is 2.19 bits per heavy atom. The number of aliphatic hydroxyl groups excluding tert-OH is 1. The number of carbonyl (C=O) groups excluding carboxylic acids is 2. The van der Waals surface area contributed by atoms with Crippen LogP contribution in [-0.2, 0) is 9.53 Å². The fourth-order valence-corrected chi connectivity index (χ4v) is 2.07. The van der Waals surface area contributed by atoms with Gasteiger partial charge in [-0.2, -0.15) is 0 Å². The number of hydrogen-bond acceptors (Lipinski definition) is 5. The maximum absolute atomic E-state index is 12.0. The van der Waals surface area contributed by atoms with E-state index in [-0.39, 0.29) is 12.3 Å². The average Bonchev–Trinajstić information content (AvgIpc) is 2.80. The number of fused-ring (bicyclic) bond motifs is 1. The zero-order valence-electron chi connectivity index (χ0n) is 11.5. The van der Waals surface area contributed by atoms with Gasteiger partial charge in [0.05, 0.1) is 13.7 Å². The summed E-state index contributed by atoms with van der Waals surface area (Å²) in [6.45, 7) is 1.47. The molecular formula is C14H14ClNO5. The first-order valence-electron chi connectivity index (χ1n) is 6.16. The molecule has 7 heteroatoms. The van der Waals surface area contributed by atoms with Gasteiger partial charge in [-0.3, -0.25) is 4.79 Å². The molecule has 1 atom stereocenters. The molecule has 1 unspecified atom stereocenters. The van der Waals surface area contributed by atoms with Gasteiger partial charge in [-0.15, -0.1) is 0 Å². The molecule has 21 heavy (non-hydrogen) atoms. The third-order valence-electron chi connectivity index (χ3n) is 3.03. The van der Waals surface area contributed by atoms with Gasteiger partial charge in [0, 0.05) is 16.0 Å². The third kappa shape index (κ3) is 3.17. The maximum atomic E-state index is 12.0. The minimum absolute atomic E-state index is 0.115. The zero-order valence-corrected chi connectivity index (χ0v) is 12.2. The number of amides is 1. The standard InChI is InChI=1S/C14H14ClNO5/c1-7-9-5-8(15)3-4-11(9)21-12(7)13(18)16-6-10(17)14(19)20-2/h3-5,10,17H,6H2,1-2H3,(H,16,18). The molecule has 1 aromatic heterocycles. The van der Waals surface area contributed by atoms with Crippen molar-refractivity contribution in [2.45, 2.75) is 13.0 Å². The Bertz CT molecular complexity index is 694. The van der Waals surface area contributed by atoms with Crippen LogP contribution in [0.3, 0.4) is 0 Å². The van der Waals surface area contributed by atoms with Gasteiger partial charge >= 0.3 is 5.97 Å². The second-order valence-corrected chi connectivity index (χ2v) is 4.88. The number of halogens is 1. The normalized spacial score (nSPS) is 12.2. The molecule has 0 aliphatic rings. The van der Waals surface area contributed by atoms with Gasteiger partial charge in [0.25, 0.3) is 5.91 Å². The second kappa shape index (κ2) is 6.15. The van der Waals surface area contributed by atoms with E-state index in [4.69, 9.17) is 16.0 Å². The van der Waals surface area contributed by atoms with Crippen molar-refractivity contribution in [3.05, 3.63) is 34.5 Å². The molecular weight excluding hydrogens is 298 g/mol. The number of furan rings is 1. The first kappa shape index (κ1) is 15.3. The molecule has 6 nitrogen and oxygen atoms in total. The highest BCUT2D eigenvalue weighted by Gasteiger charge is 2.21. The molecule has 0 bridgehead atoms. The van der Waals surface area contributed by atoms with Crippen molar-refractivity contribution in [1.82, 2.24) is 5.32 Å². The number of esters is 1. The maximum Gasteiger partial charge on any atom is 0.336 e. The summed E-state index contributed by atoms with van der Waals surface area (Å²) in [5.41, 5.74) is 1.17. The number of ether oxygens (including phenoxy) is 1. The monoisotopic (exact) mass is 311 g/mol. The molecule has 0 aliphatic heterocycles. The number of hydrogen-bond donors (Lipinski definition) is 2. The molecule has 0 saturated carbocycles. The van der Waals surface area contributed by atoms with Crippen LogP contribution in [0.5, 0.6) is 0 Å². The van der Waals surface area contributed by atoms with Crippen LogP contribution >= 0.6 is 11.6 Å². The van der Waals surface area contributed by atoms with Gasteiger partial charge < -0.3 is 19.6 Å². The fourth-order valence-electron chi connectivity index (χ4n) is 1.90. The Morgan fingerprint density at radius 1 is 1.48 bits per heavy atom. The van der Waals surface area contributed by atoms with Crippen LogP contribution < -0.4 is 5.32 Å². The van der Waals surface area contributed by atoms with Crippen molar-refractivity contribution in [2.24, 2.45) is 0 Å². The van der Waals surface area contributed by atoms with Crippen LogP contribution in [0.1, 0.15) is 16.1 Å². The minimum Gasteiger partial charge on any atom is -0.467 e. The molecule has 0 radical (unpaired) electrons. The number of aliphatic hydroxyl groups is 1. The molecule has 112 valence electrons. The third-order valence-corrected chi connectivity index (χ3v) is 3.27. The van der Waals surface area contributed by atoms with E-state index in [0.717, 1.165) is 12.5 Å². The summed E-state index contributed by atoms with van der Waals surface area (Å²) in [6, 6.07) is 5.04. The largest absolute Gasteiger partial charge is 0.467 e. The number of methoxy groups -OCH3 is 1. The highest BCUT2D eigenvalue weighted by molar-refractivity contribution is 6.31. The highest BCUT2D eigenvalue weighted by atomic mass is 35.5. The average molecular weight is 312 g/mol. The molecule has 1 aromatic carbocycles. The van der Waals surface area contributed by atoms with Crippen molar-refractivity contribution in [1.29, 1.82) is 0 Å². The van der Waals surface area contributed by atoms with Gasteiger partial charge in [0.15, 0.2) is 11.9 Å². The molecule has 2 rings (SSSR count). The molecule has 1 heterocycles. The van der Waals surface area contributed by atoms with Gasteiger partial charge in [-0.05, 0) is 25.1 Å². The summed E-state index contributed by atoms with van der Waals surface area (Å²) >= 11 is 5.91. The number of carbonyl (C=O) groups is 2. The fraction of sp³-hybridized carbons (Fsp3) is 0.286. The van der Waals surface area contributed by atoms with E-state index < -0.39 is 18.0 Å². The lowest BCUT2D eigenvalue weighted by Crippen LogP contribution is -2.37. The Kier molecular flexibility index (Phi) is 4.50. The van der Waals surface area contributed by atoms with E-state index in [0.29, 0.717) is 16.2 Å². The molecule has 0 fully saturated rings. The van der Waals surface area contributed by atoms with Crippen molar-refractivity contribution in [3.63, 3.8) is 0 Å². The topological polar surface area (TPSA) is 88.8 Å². The molecule has 0 spiro atoms. The first-order chi connectivity index (χ1) is 9.93. The summed E-state index contributed by atoms with van der Waals surface area (Å²) in [7, 11) is 1.15. The highest BCUT2D eigenvalue weighted by Crippen LogP contribution is 2.27. The second-order valence-electron chi connectivity index (χ2n) is 4.45. The summed E-state index contributed by atoms with van der Waals surface area (Å²) in [5.74, 6) is -1.23. The van der Waals surface area contributed by atoms with Crippen molar-refractivity contribution in [3.8, 4) is 0 Å². The van der Waals surface area contributed by atoms with Gasteiger partial charge in [0.1, 0.15) is 5.58 Å². The van der Waals surface area contributed by atoms with Gasteiger partial charge in [0.2, 0.25) is 0 Å². The van der Waals surface area contributed by atoms with Crippen LogP contribution in [0.25, 0.3) is 11.0 Å². The van der Waals surface area contributed by atoms with Crippen LogP contribution in [0, 0.1) is 6.92 Å². The van der Waals surface area contributed by atoms with E-state index in [1.165, 1.54) is 0 Å². The van der Waals surface area contributed by atoms with E-state index >= 15 is 0 Å². The zero-order chi connectivity index (χ0) is 15.6. The van der Waals surface area contributed by atoms with Crippen LogP contribution in [0.15, 0.2) is 22.6 Å². The van der Waals surface area contributed by atoms with Crippen molar-refractivity contribution < 1.29 is 23.8 Å². The predicted molar refractivity (Wildman–Crippen MR) is 76.3 cm³/mol. The smallest absolute Gasteiger partial charge is 0.336 e. The van der Waals surface area contributed by atoms with Crippen LogP contribution in [0.2, 0.25) is 5.02 Å². The Balaban J connectivity index is 2.16.